The maximum atomic E-state index is 10.1. The average Bonchev–Trinajstić information content (AvgIpc) is 1.88. The van der Waals surface area contributed by atoms with Gasteiger partial charge >= 0.3 is 0 Å². The van der Waals surface area contributed by atoms with Crippen molar-refractivity contribution in [3.63, 3.8) is 0 Å². The van der Waals surface area contributed by atoms with Crippen molar-refractivity contribution in [2.45, 2.75) is 13.3 Å². The summed E-state index contributed by atoms with van der Waals surface area (Å²) in [5, 5.41) is 10.1. The Labute approximate surface area is 59.2 Å². The minimum absolute atomic E-state index is 0.220. The van der Waals surface area contributed by atoms with Crippen LogP contribution < -0.4 is 0 Å². The standard InChI is InChI=1S/C7H9NO2/c1-6-2-4-7(5-3-6)8(9)10/h2,4-6H,3H2,1H3. The number of hydrogen-bond acceptors (Lipinski definition) is 2. The predicted molar refractivity (Wildman–Crippen MR) is 38.0 cm³/mol. The van der Waals surface area contributed by atoms with Crippen molar-refractivity contribution in [2.75, 3.05) is 0 Å². The van der Waals surface area contributed by atoms with Crippen molar-refractivity contribution in [2.24, 2.45) is 5.92 Å². The first-order valence-corrected chi connectivity index (χ1v) is 3.23. The van der Waals surface area contributed by atoms with E-state index in [4.69, 9.17) is 0 Å². The van der Waals surface area contributed by atoms with Crippen molar-refractivity contribution in [3.8, 4) is 0 Å². The van der Waals surface area contributed by atoms with Crippen LogP contribution in [0, 0.1) is 16.0 Å². The molecule has 0 saturated heterocycles. The van der Waals surface area contributed by atoms with Gasteiger partial charge in [0, 0.05) is 6.08 Å². The third-order valence-electron chi connectivity index (χ3n) is 1.51. The number of hydrogen-bond donors (Lipinski definition) is 0. The van der Waals surface area contributed by atoms with Gasteiger partial charge in [-0.05, 0) is 18.4 Å². The fraction of sp³-hybridized carbons (Fsp3) is 0.429. The minimum Gasteiger partial charge on any atom is -0.258 e. The number of allylic oxidation sites excluding steroid dienone is 3. The Bertz CT molecular complexity index is 206. The lowest BCUT2D eigenvalue weighted by Crippen LogP contribution is -2.01. The highest BCUT2D eigenvalue weighted by molar-refractivity contribution is 5.16. The van der Waals surface area contributed by atoms with E-state index in [1.165, 1.54) is 0 Å². The second kappa shape index (κ2) is 2.64. The summed E-state index contributed by atoms with van der Waals surface area (Å²) in [5.74, 6) is 0.448. The molecule has 1 rings (SSSR count). The number of nitro groups is 1. The molecule has 0 aliphatic heterocycles. The summed E-state index contributed by atoms with van der Waals surface area (Å²) < 4.78 is 0. The van der Waals surface area contributed by atoms with Gasteiger partial charge in [-0.15, -0.1) is 0 Å². The molecular weight excluding hydrogens is 130 g/mol. The van der Waals surface area contributed by atoms with Crippen LogP contribution in [0.2, 0.25) is 0 Å². The van der Waals surface area contributed by atoms with Crippen LogP contribution in [0.5, 0.6) is 0 Å². The summed E-state index contributed by atoms with van der Waals surface area (Å²) in [6.07, 6.45) is 5.86. The molecule has 1 aliphatic carbocycles. The van der Waals surface area contributed by atoms with Crippen LogP contribution in [0.4, 0.5) is 0 Å². The van der Waals surface area contributed by atoms with E-state index in [-0.39, 0.29) is 10.6 Å². The molecule has 0 bridgehead atoms. The Balaban J connectivity index is 2.67. The van der Waals surface area contributed by atoms with Gasteiger partial charge < -0.3 is 0 Å². The largest absolute Gasteiger partial charge is 0.265 e. The lowest BCUT2D eigenvalue weighted by Gasteiger charge is -2.04. The zero-order chi connectivity index (χ0) is 7.56. The molecule has 0 spiro atoms. The molecule has 3 nitrogen and oxygen atoms in total. The van der Waals surface area contributed by atoms with Gasteiger partial charge in [0.05, 0.1) is 4.92 Å². The van der Waals surface area contributed by atoms with Crippen molar-refractivity contribution >= 4 is 0 Å². The number of rotatable bonds is 1. The zero-order valence-corrected chi connectivity index (χ0v) is 5.78. The number of nitrogens with zero attached hydrogens (tertiary/aromatic N) is 1. The van der Waals surface area contributed by atoms with Gasteiger partial charge in [-0.2, -0.15) is 0 Å². The Morgan fingerprint density at radius 3 is 2.90 bits per heavy atom. The highest BCUT2D eigenvalue weighted by Gasteiger charge is 2.10. The third kappa shape index (κ3) is 1.43. The molecule has 0 aromatic rings. The second-order valence-corrected chi connectivity index (χ2v) is 2.46. The monoisotopic (exact) mass is 139 g/mol. The lowest BCUT2D eigenvalue weighted by atomic mass is 10.0. The van der Waals surface area contributed by atoms with E-state index in [0.29, 0.717) is 5.92 Å². The van der Waals surface area contributed by atoms with Crippen LogP contribution in [0.3, 0.4) is 0 Å². The first kappa shape index (κ1) is 6.99. The Hall–Kier alpha value is -1.12. The van der Waals surface area contributed by atoms with Crippen molar-refractivity contribution in [1.82, 2.24) is 0 Å². The van der Waals surface area contributed by atoms with Gasteiger partial charge in [0.1, 0.15) is 0 Å². The summed E-state index contributed by atoms with van der Waals surface area (Å²) >= 11 is 0. The van der Waals surface area contributed by atoms with E-state index in [2.05, 4.69) is 0 Å². The van der Waals surface area contributed by atoms with Gasteiger partial charge in [-0.25, -0.2) is 0 Å². The third-order valence-corrected chi connectivity index (χ3v) is 1.51. The van der Waals surface area contributed by atoms with E-state index in [9.17, 15) is 10.1 Å². The summed E-state index contributed by atoms with van der Waals surface area (Å²) in [4.78, 5) is 9.79. The van der Waals surface area contributed by atoms with E-state index in [1.54, 1.807) is 12.2 Å². The Morgan fingerprint density at radius 1 is 1.80 bits per heavy atom. The van der Waals surface area contributed by atoms with Crippen LogP contribution in [0.1, 0.15) is 13.3 Å². The molecule has 3 heteroatoms. The topological polar surface area (TPSA) is 43.1 Å². The van der Waals surface area contributed by atoms with Crippen LogP contribution >= 0.6 is 0 Å². The van der Waals surface area contributed by atoms with Gasteiger partial charge in [0.25, 0.3) is 5.70 Å². The van der Waals surface area contributed by atoms with Crippen LogP contribution in [0.15, 0.2) is 23.9 Å². The first-order valence-electron chi connectivity index (χ1n) is 3.23. The molecule has 54 valence electrons. The maximum absolute atomic E-state index is 10.1. The molecule has 0 heterocycles. The van der Waals surface area contributed by atoms with Crippen LogP contribution in [0.25, 0.3) is 0 Å². The molecule has 0 aromatic carbocycles. The average molecular weight is 139 g/mol. The van der Waals surface area contributed by atoms with Gasteiger partial charge in [0.2, 0.25) is 0 Å². The van der Waals surface area contributed by atoms with Crippen LogP contribution in [-0.4, -0.2) is 4.92 Å². The fourth-order valence-corrected chi connectivity index (χ4v) is 0.851. The lowest BCUT2D eigenvalue weighted by molar-refractivity contribution is -0.419. The van der Waals surface area contributed by atoms with Crippen molar-refractivity contribution in [1.29, 1.82) is 0 Å². The molecule has 1 aliphatic rings. The van der Waals surface area contributed by atoms with Gasteiger partial charge in [-0.1, -0.05) is 13.0 Å². The molecule has 0 saturated carbocycles. The highest BCUT2D eigenvalue weighted by atomic mass is 16.6. The predicted octanol–water partition coefficient (Wildman–Crippen LogP) is 1.74. The summed E-state index contributed by atoms with van der Waals surface area (Å²) in [6.45, 7) is 2.03. The molecule has 0 fully saturated rings. The summed E-state index contributed by atoms with van der Waals surface area (Å²) in [5.41, 5.74) is 0.220. The summed E-state index contributed by atoms with van der Waals surface area (Å²) in [6, 6.07) is 0. The van der Waals surface area contributed by atoms with Gasteiger partial charge in [-0.3, -0.25) is 10.1 Å². The highest BCUT2D eigenvalue weighted by Crippen LogP contribution is 2.15. The zero-order valence-electron chi connectivity index (χ0n) is 5.78. The fourth-order valence-electron chi connectivity index (χ4n) is 0.851. The molecule has 1 atom stereocenters. The normalized spacial score (nSPS) is 24.1. The second-order valence-electron chi connectivity index (χ2n) is 2.46. The van der Waals surface area contributed by atoms with Crippen LogP contribution in [-0.2, 0) is 0 Å². The van der Waals surface area contributed by atoms with E-state index in [0.717, 1.165) is 6.42 Å². The van der Waals surface area contributed by atoms with E-state index >= 15 is 0 Å². The molecular formula is C7H9NO2. The minimum atomic E-state index is -0.359. The summed E-state index contributed by atoms with van der Waals surface area (Å²) in [7, 11) is 0. The SMILES string of the molecule is CC1C=CC([N+](=O)[O-])=CC1. The molecule has 10 heavy (non-hydrogen) atoms. The molecule has 0 radical (unpaired) electrons. The molecule has 1 unspecified atom stereocenters. The smallest absolute Gasteiger partial charge is 0.258 e. The molecule has 0 N–H and O–H groups in total. The van der Waals surface area contributed by atoms with Crippen molar-refractivity contribution < 1.29 is 4.92 Å². The Morgan fingerprint density at radius 2 is 2.50 bits per heavy atom. The van der Waals surface area contributed by atoms with E-state index < -0.39 is 0 Å². The quantitative estimate of drug-likeness (QED) is 0.410. The van der Waals surface area contributed by atoms with Crippen molar-refractivity contribution in [3.05, 3.63) is 34.0 Å². The molecule has 0 aromatic heterocycles. The molecule has 0 amide bonds. The maximum Gasteiger partial charge on any atom is 0.265 e. The van der Waals surface area contributed by atoms with E-state index in [1.807, 2.05) is 13.0 Å². The van der Waals surface area contributed by atoms with Gasteiger partial charge in [0.15, 0.2) is 0 Å². The Kier molecular flexibility index (Phi) is 1.85. The first-order chi connectivity index (χ1) is 4.70.